The molecule has 1 aliphatic heterocycles. The summed E-state index contributed by atoms with van der Waals surface area (Å²) in [6.07, 6.45) is 0.355. The maximum atomic E-state index is 12.9. The molecule has 1 aromatic heterocycles. The zero-order chi connectivity index (χ0) is 16.0. The SMILES string of the molecule is CCN(C1CCS(=O)(=O)C1)S(=O)(=O)c1c(C)nn(C)c1C. The van der Waals surface area contributed by atoms with Crippen LogP contribution in [0.15, 0.2) is 4.90 Å². The van der Waals surface area contributed by atoms with Crippen LogP contribution in [0.2, 0.25) is 0 Å². The summed E-state index contributed by atoms with van der Waals surface area (Å²) in [5, 5.41) is 4.14. The van der Waals surface area contributed by atoms with Crippen molar-refractivity contribution in [2.24, 2.45) is 7.05 Å². The van der Waals surface area contributed by atoms with E-state index in [1.807, 2.05) is 0 Å². The Morgan fingerprint density at radius 1 is 1.38 bits per heavy atom. The Morgan fingerprint density at radius 3 is 2.38 bits per heavy atom. The van der Waals surface area contributed by atoms with E-state index in [-0.39, 0.29) is 22.9 Å². The van der Waals surface area contributed by atoms with E-state index in [9.17, 15) is 16.8 Å². The largest absolute Gasteiger partial charge is 0.271 e. The second-order valence-corrected chi connectivity index (χ2v) is 9.44. The lowest BCUT2D eigenvalue weighted by atomic mass is 10.3. The van der Waals surface area contributed by atoms with Crippen LogP contribution in [0.4, 0.5) is 0 Å². The monoisotopic (exact) mass is 335 g/mol. The van der Waals surface area contributed by atoms with Gasteiger partial charge in [-0.15, -0.1) is 0 Å². The highest BCUT2D eigenvalue weighted by molar-refractivity contribution is 7.92. The van der Waals surface area contributed by atoms with Gasteiger partial charge in [-0.2, -0.15) is 9.40 Å². The molecule has 1 atom stereocenters. The molecule has 0 saturated carbocycles. The predicted molar refractivity (Wildman–Crippen MR) is 79.3 cm³/mol. The molecule has 1 saturated heterocycles. The number of nitrogens with zero attached hydrogens (tertiary/aromatic N) is 3. The van der Waals surface area contributed by atoms with Gasteiger partial charge in [0.05, 0.1) is 22.9 Å². The zero-order valence-corrected chi connectivity index (χ0v) is 14.3. The van der Waals surface area contributed by atoms with Crippen molar-refractivity contribution in [3.63, 3.8) is 0 Å². The molecule has 0 radical (unpaired) electrons. The van der Waals surface area contributed by atoms with Crippen LogP contribution in [0.1, 0.15) is 24.7 Å². The maximum Gasteiger partial charge on any atom is 0.247 e. The number of sulfone groups is 1. The van der Waals surface area contributed by atoms with Crippen molar-refractivity contribution in [2.45, 2.75) is 38.1 Å². The van der Waals surface area contributed by atoms with Crippen molar-refractivity contribution in [2.75, 3.05) is 18.1 Å². The van der Waals surface area contributed by atoms with Gasteiger partial charge in [0.2, 0.25) is 10.0 Å². The lowest BCUT2D eigenvalue weighted by Crippen LogP contribution is -2.41. The third-order valence-electron chi connectivity index (χ3n) is 3.94. The number of hydrogen-bond donors (Lipinski definition) is 0. The van der Waals surface area contributed by atoms with Crippen LogP contribution in [0, 0.1) is 13.8 Å². The van der Waals surface area contributed by atoms with Crippen molar-refractivity contribution in [1.29, 1.82) is 0 Å². The lowest BCUT2D eigenvalue weighted by molar-refractivity contribution is 0.354. The first-order valence-corrected chi connectivity index (χ1v) is 10.1. The Morgan fingerprint density at radius 2 is 2.00 bits per heavy atom. The summed E-state index contributed by atoms with van der Waals surface area (Å²) in [4.78, 5) is 0.191. The average molecular weight is 335 g/mol. The molecule has 0 N–H and O–H groups in total. The van der Waals surface area contributed by atoms with E-state index in [1.165, 1.54) is 8.99 Å². The molecule has 21 heavy (non-hydrogen) atoms. The van der Waals surface area contributed by atoms with Gasteiger partial charge in [-0.05, 0) is 20.3 Å². The Kier molecular flexibility index (Phi) is 4.20. The van der Waals surface area contributed by atoms with Gasteiger partial charge in [-0.3, -0.25) is 4.68 Å². The minimum absolute atomic E-state index is 0.0503. The Balaban J connectivity index is 2.46. The molecule has 9 heteroatoms. The van der Waals surface area contributed by atoms with Gasteiger partial charge in [0.25, 0.3) is 0 Å². The van der Waals surface area contributed by atoms with Crippen LogP contribution in [-0.4, -0.2) is 55.0 Å². The van der Waals surface area contributed by atoms with Crippen LogP contribution in [0.5, 0.6) is 0 Å². The molecule has 2 rings (SSSR count). The number of aromatic nitrogens is 2. The van der Waals surface area contributed by atoms with Gasteiger partial charge < -0.3 is 0 Å². The highest BCUT2D eigenvalue weighted by Crippen LogP contribution is 2.28. The van der Waals surface area contributed by atoms with E-state index < -0.39 is 25.9 Å². The molecule has 1 unspecified atom stereocenters. The zero-order valence-electron chi connectivity index (χ0n) is 12.7. The van der Waals surface area contributed by atoms with Crippen LogP contribution >= 0.6 is 0 Å². The van der Waals surface area contributed by atoms with E-state index in [0.29, 0.717) is 17.8 Å². The molecule has 0 amide bonds. The van der Waals surface area contributed by atoms with Gasteiger partial charge in [0.15, 0.2) is 9.84 Å². The fourth-order valence-corrected chi connectivity index (χ4v) is 6.76. The first kappa shape index (κ1) is 16.4. The van der Waals surface area contributed by atoms with Crippen LogP contribution < -0.4 is 0 Å². The molecular formula is C12H21N3O4S2. The summed E-state index contributed by atoms with van der Waals surface area (Å²) in [5.74, 6) is -0.0485. The fourth-order valence-electron chi connectivity index (χ4n) is 2.87. The molecule has 1 fully saturated rings. The number of aryl methyl sites for hydroxylation is 2. The van der Waals surface area contributed by atoms with Crippen molar-refractivity contribution < 1.29 is 16.8 Å². The highest BCUT2D eigenvalue weighted by atomic mass is 32.2. The number of sulfonamides is 1. The average Bonchev–Trinajstić information content (AvgIpc) is 2.80. The molecule has 0 aromatic carbocycles. The molecule has 0 aliphatic carbocycles. The Labute approximate surface area is 125 Å². The van der Waals surface area contributed by atoms with Crippen LogP contribution in [-0.2, 0) is 26.9 Å². The lowest BCUT2D eigenvalue weighted by Gasteiger charge is -2.26. The molecule has 1 aromatic rings. The van der Waals surface area contributed by atoms with E-state index in [2.05, 4.69) is 5.10 Å². The fraction of sp³-hybridized carbons (Fsp3) is 0.750. The summed E-state index contributed by atoms with van der Waals surface area (Å²) in [6.45, 7) is 5.32. The summed E-state index contributed by atoms with van der Waals surface area (Å²) >= 11 is 0. The van der Waals surface area contributed by atoms with E-state index >= 15 is 0 Å². The Hall–Kier alpha value is -0.930. The van der Waals surface area contributed by atoms with E-state index in [4.69, 9.17) is 0 Å². The summed E-state index contributed by atoms with van der Waals surface area (Å²) in [7, 11) is -5.18. The van der Waals surface area contributed by atoms with Gasteiger partial charge in [0, 0.05) is 19.6 Å². The van der Waals surface area contributed by atoms with Crippen molar-refractivity contribution in [1.82, 2.24) is 14.1 Å². The smallest absolute Gasteiger partial charge is 0.247 e. The molecular weight excluding hydrogens is 314 g/mol. The minimum Gasteiger partial charge on any atom is -0.271 e. The molecule has 0 bridgehead atoms. The van der Waals surface area contributed by atoms with Crippen molar-refractivity contribution in [3.05, 3.63) is 11.4 Å². The quantitative estimate of drug-likeness (QED) is 0.786. The number of rotatable bonds is 4. The van der Waals surface area contributed by atoms with Crippen LogP contribution in [0.3, 0.4) is 0 Å². The summed E-state index contributed by atoms with van der Waals surface area (Å²) in [6, 6.07) is -0.482. The van der Waals surface area contributed by atoms with Gasteiger partial charge in [-0.1, -0.05) is 6.92 Å². The van der Waals surface area contributed by atoms with Gasteiger partial charge in [0.1, 0.15) is 4.90 Å². The van der Waals surface area contributed by atoms with Crippen molar-refractivity contribution >= 4 is 19.9 Å². The van der Waals surface area contributed by atoms with E-state index in [0.717, 1.165) is 0 Å². The van der Waals surface area contributed by atoms with Gasteiger partial charge in [-0.25, -0.2) is 16.8 Å². The first-order valence-electron chi connectivity index (χ1n) is 6.82. The summed E-state index contributed by atoms with van der Waals surface area (Å²) in [5.41, 5.74) is 1.00. The summed E-state index contributed by atoms with van der Waals surface area (Å²) < 4.78 is 51.9. The van der Waals surface area contributed by atoms with Crippen LogP contribution in [0.25, 0.3) is 0 Å². The van der Waals surface area contributed by atoms with Gasteiger partial charge >= 0.3 is 0 Å². The predicted octanol–water partition coefficient (Wildman–Crippen LogP) is 0.235. The third-order valence-corrected chi connectivity index (χ3v) is 7.97. The van der Waals surface area contributed by atoms with E-state index in [1.54, 1.807) is 27.8 Å². The molecule has 0 spiro atoms. The third kappa shape index (κ3) is 2.86. The molecule has 1 aliphatic rings. The first-order chi connectivity index (χ1) is 9.60. The molecule has 2 heterocycles. The Bertz CT molecular complexity index is 750. The topological polar surface area (TPSA) is 89.3 Å². The standard InChI is InChI=1S/C12H21N3O4S2/c1-5-15(11-6-7-20(16,17)8-11)21(18,19)12-9(2)13-14(4)10(12)3/h11H,5-8H2,1-4H3. The second-order valence-electron chi connectivity index (χ2n) is 5.39. The number of hydrogen-bond acceptors (Lipinski definition) is 5. The maximum absolute atomic E-state index is 12.9. The van der Waals surface area contributed by atoms with Crippen molar-refractivity contribution in [3.8, 4) is 0 Å². The second kappa shape index (κ2) is 5.36. The highest BCUT2D eigenvalue weighted by Gasteiger charge is 2.39. The molecule has 120 valence electrons. The molecule has 7 nitrogen and oxygen atoms in total. The normalized spacial score (nSPS) is 22.0. The minimum atomic E-state index is -3.74.